The van der Waals surface area contributed by atoms with Gasteiger partial charge in [-0.25, -0.2) is 4.79 Å². The van der Waals surface area contributed by atoms with E-state index in [1.807, 2.05) is 36.5 Å². The second kappa shape index (κ2) is 6.48. The number of amides is 1. The van der Waals surface area contributed by atoms with Crippen molar-refractivity contribution in [3.05, 3.63) is 65.9 Å². The highest BCUT2D eigenvalue weighted by atomic mass is 16.5. The summed E-state index contributed by atoms with van der Waals surface area (Å²) in [6.07, 6.45) is 1.38. The molecule has 0 radical (unpaired) electrons. The number of nitrogens with one attached hydrogen (secondary N) is 1. The lowest BCUT2D eigenvalue weighted by molar-refractivity contribution is 0.170. The molecule has 0 aliphatic rings. The Balaban J connectivity index is 2.00. The zero-order valence-electron chi connectivity index (χ0n) is 13.2. The van der Waals surface area contributed by atoms with Gasteiger partial charge >= 0.3 is 6.09 Å². The number of ether oxygens (including phenoxy) is 1. The molecule has 1 heterocycles. The number of pyridine rings is 1. The molecule has 1 N–H and O–H groups in total. The van der Waals surface area contributed by atoms with Crippen LogP contribution in [0.4, 0.5) is 4.79 Å². The molecular weight excluding hydrogens is 288 g/mol. The van der Waals surface area contributed by atoms with E-state index in [2.05, 4.69) is 40.2 Å². The number of aryl methyl sites for hydroxylation is 1. The highest BCUT2D eigenvalue weighted by molar-refractivity contribution is 5.95. The van der Waals surface area contributed by atoms with E-state index in [1.165, 1.54) is 23.8 Å². The Labute approximate surface area is 135 Å². The number of aromatic nitrogens is 1. The highest BCUT2D eigenvalue weighted by Crippen LogP contribution is 2.30. The van der Waals surface area contributed by atoms with E-state index in [0.717, 1.165) is 16.5 Å². The SMILES string of the molecule is COC(=O)NCc1ccc2c(-c3ccccc3C)ccnc2c1. The average Bonchev–Trinajstić information content (AvgIpc) is 2.59. The summed E-state index contributed by atoms with van der Waals surface area (Å²) in [5.41, 5.74) is 5.50. The van der Waals surface area contributed by atoms with Crippen LogP contribution in [0.15, 0.2) is 54.7 Å². The summed E-state index contributed by atoms with van der Waals surface area (Å²) in [5.74, 6) is 0. The van der Waals surface area contributed by atoms with Crippen LogP contribution in [0.2, 0.25) is 0 Å². The zero-order valence-corrected chi connectivity index (χ0v) is 13.2. The fourth-order valence-electron chi connectivity index (χ4n) is 2.66. The lowest BCUT2D eigenvalue weighted by atomic mass is 9.97. The van der Waals surface area contributed by atoms with E-state index in [4.69, 9.17) is 0 Å². The molecule has 0 aliphatic heterocycles. The van der Waals surface area contributed by atoms with Crippen molar-refractivity contribution in [3.8, 4) is 11.1 Å². The van der Waals surface area contributed by atoms with Gasteiger partial charge in [0.05, 0.1) is 12.6 Å². The summed E-state index contributed by atoms with van der Waals surface area (Å²) in [6.45, 7) is 2.52. The van der Waals surface area contributed by atoms with Crippen molar-refractivity contribution in [2.24, 2.45) is 0 Å². The van der Waals surface area contributed by atoms with Gasteiger partial charge in [0.1, 0.15) is 0 Å². The molecule has 0 spiro atoms. The number of rotatable bonds is 3. The van der Waals surface area contributed by atoms with E-state index in [1.54, 1.807) is 0 Å². The summed E-state index contributed by atoms with van der Waals surface area (Å²) in [6, 6.07) is 16.4. The smallest absolute Gasteiger partial charge is 0.407 e. The Kier molecular flexibility index (Phi) is 4.24. The van der Waals surface area contributed by atoms with Gasteiger partial charge in [0, 0.05) is 18.1 Å². The van der Waals surface area contributed by atoms with E-state index >= 15 is 0 Å². The minimum atomic E-state index is -0.438. The van der Waals surface area contributed by atoms with Gasteiger partial charge in [0.25, 0.3) is 0 Å². The largest absolute Gasteiger partial charge is 0.453 e. The minimum Gasteiger partial charge on any atom is -0.453 e. The van der Waals surface area contributed by atoms with Crippen molar-refractivity contribution in [2.75, 3.05) is 7.11 Å². The molecule has 0 saturated heterocycles. The molecule has 0 unspecified atom stereocenters. The molecule has 3 aromatic rings. The first-order valence-electron chi connectivity index (χ1n) is 7.44. The molecule has 1 amide bonds. The number of nitrogens with zero attached hydrogens (tertiary/aromatic N) is 1. The van der Waals surface area contributed by atoms with E-state index in [-0.39, 0.29) is 0 Å². The van der Waals surface area contributed by atoms with Gasteiger partial charge in [-0.15, -0.1) is 0 Å². The summed E-state index contributed by atoms with van der Waals surface area (Å²) in [5, 5.41) is 3.78. The molecule has 4 nitrogen and oxygen atoms in total. The third-order valence-corrected chi connectivity index (χ3v) is 3.86. The molecule has 2 aromatic carbocycles. The van der Waals surface area contributed by atoms with Crippen molar-refractivity contribution in [3.63, 3.8) is 0 Å². The van der Waals surface area contributed by atoms with Crippen LogP contribution in [0.25, 0.3) is 22.0 Å². The van der Waals surface area contributed by atoms with Crippen LogP contribution in [-0.2, 0) is 11.3 Å². The average molecular weight is 306 g/mol. The lowest BCUT2D eigenvalue weighted by Gasteiger charge is -2.10. The Morgan fingerprint density at radius 2 is 1.96 bits per heavy atom. The first kappa shape index (κ1) is 15.0. The van der Waals surface area contributed by atoms with Crippen molar-refractivity contribution in [1.29, 1.82) is 0 Å². The number of methoxy groups -OCH3 is 1. The Morgan fingerprint density at radius 1 is 1.13 bits per heavy atom. The number of alkyl carbamates (subject to hydrolysis) is 1. The number of carbonyl (C=O) groups is 1. The number of carbonyl (C=O) groups excluding carboxylic acids is 1. The normalized spacial score (nSPS) is 10.5. The molecule has 116 valence electrons. The van der Waals surface area contributed by atoms with Crippen LogP contribution in [0.5, 0.6) is 0 Å². The third kappa shape index (κ3) is 3.16. The monoisotopic (exact) mass is 306 g/mol. The summed E-state index contributed by atoms with van der Waals surface area (Å²) in [4.78, 5) is 15.6. The molecule has 0 fully saturated rings. The highest BCUT2D eigenvalue weighted by Gasteiger charge is 2.08. The van der Waals surface area contributed by atoms with Gasteiger partial charge in [-0.05, 0) is 41.3 Å². The van der Waals surface area contributed by atoms with Crippen molar-refractivity contribution >= 4 is 17.0 Å². The first-order chi connectivity index (χ1) is 11.2. The predicted molar refractivity (Wildman–Crippen MR) is 91.2 cm³/mol. The second-order valence-corrected chi connectivity index (χ2v) is 5.37. The molecule has 0 bridgehead atoms. The van der Waals surface area contributed by atoms with Gasteiger partial charge in [0.15, 0.2) is 0 Å². The van der Waals surface area contributed by atoms with Gasteiger partial charge < -0.3 is 10.1 Å². The van der Waals surface area contributed by atoms with Gasteiger partial charge in [-0.1, -0.05) is 36.4 Å². The fraction of sp³-hybridized carbons (Fsp3) is 0.158. The Morgan fingerprint density at radius 3 is 2.74 bits per heavy atom. The third-order valence-electron chi connectivity index (χ3n) is 3.86. The molecular formula is C19H18N2O2. The quantitative estimate of drug-likeness (QED) is 0.793. The molecule has 0 aliphatic carbocycles. The van der Waals surface area contributed by atoms with Crippen LogP contribution in [0.3, 0.4) is 0 Å². The molecule has 1 aromatic heterocycles. The Hall–Kier alpha value is -2.88. The molecule has 3 rings (SSSR count). The topological polar surface area (TPSA) is 51.2 Å². The van der Waals surface area contributed by atoms with Gasteiger partial charge in [0.2, 0.25) is 0 Å². The molecule has 23 heavy (non-hydrogen) atoms. The van der Waals surface area contributed by atoms with Gasteiger partial charge in [-0.2, -0.15) is 0 Å². The predicted octanol–water partition coefficient (Wildman–Crippen LogP) is 4.07. The summed E-state index contributed by atoms with van der Waals surface area (Å²) >= 11 is 0. The number of hydrogen-bond donors (Lipinski definition) is 1. The van der Waals surface area contributed by atoms with Crippen molar-refractivity contribution < 1.29 is 9.53 Å². The maximum Gasteiger partial charge on any atom is 0.407 e. The van der Waals surface area contributed by atoms with Crippen LogP contribution in [0.1, 0.15) is 11.1 Å². The summed E-state index contributed by atoms with van der Waals surface area (Å²) < 4.78 is 4.58. The van der Waals surface area contributed by atoms with Crippen LogP contribution in [0, 0.1) is 6.92 Å². The maximum absolute atomic E-state index is 11.2. The van der Waals surface area contributed by atoms with Crippen molar-refractivity contribution in [1.82, 2.24) is 10.3 Å². The van der Waals surface area contributed by atoms with Crippen LogP contribution < -0.4 is 5.32 Å². The molecule has 0 saturated carbocycles. The number of hydrogen-bond acceptors (Lipinski definition) is 3. The van der Waals surface area contributed by atoms with Crippen LogP contribution >= 0.6 is 0 Å². The first-order valence-corrected chi connectivity index (χ1v) is 7.44. The number of benzene rings is 2. The standard InChI is InChI=1S/C19H18N2O2/c1-13-5-3-4-6-15(13)16-9-10-20-18-11-14(7-8-17(16)18)12-21-19(22)23-2/h3-11H,12H2,1-2H3,(H,21,22). The zero-order chi connectivity index (χ0) is 16.2. The molecule has 4 heteroatoms. The van der Waals surface area contributed by atoms with E-state index in [0.29, 0.717) is 6.54 Å². The second-order valence-electron chi connectivity index (χ2n) is 5.37. The lowest BCUT2D eigenvalue weighted by Crippen LogP contribution is -2.22. The van der Waals surface area contributed by atoms with E-state index < -0.39 is 6.09 Å². The number of fused-ring (bicyclic) bond motifs is 1. The van der Waals surface area contributed by atoms with Crippen molar-refractivity contribution in [2.45, 2.75) is 13.5 Å². The van der Waals surface area contributed by atoms with Crippen LogP contribution in [-0.4, -0.2) is 18.2 Å². The fourth-order valence-corrected chi connectivity index (χ4v) is 2.66. The Bertz CT molecular complexity index is 859. The van der Waals surface area contributed by atoms with E-state index in [9.17, 15) is 4.79 Å². The van der Waals surface area contributed by atoms with Gasteiger partial charge in [-0.3, -0.25) is 4.98 Å². The maximum atomic E-state index is 11.2. The molecule has 0 atom stereocenters. The minimum absolute atomic E-state index is 0.416. The summed E-state index contributed by atoms with van der Waals surface area (Å²) in [7, 11) is 1.35.